The second-order valence-corrected chi connectivity index (χ2v) is 5.69. The van der Waals surface area contributed by atoms with Crippen molar-refractivity contribution >= 4 is 34.8 Å². The number of Topliss-reactive ketones (excluding diaryl/α,β-unsaturated/α-hetero) is 1. The maximum Gasteiger partial charge on any atom is 0.370 e. The fourth-order valence-corrected chi connectivity index (χ4v) is 1.81. The van der Waals surface area contributed by atoms with Gasteiger partial charge in [-0.25, -0.2) is 4.79 Å². The van der Waals surface area contributed by atoms with E-state index < -0.39 is 29.3 Å². The average molecular weight is 320 g/mol. The zero-order valence-electron chi connectivity index (χ0n) is 12.5. The van der Waals surface area contributed by atoms with Crippen molar-refractivity contribution in [2.45, 2.75) is 51.9 Å². The van der Waals surface area contributed by atoms with Gasteiger partial charge in [-0.1, -0.05) is 0 Å². The first-order valence-electron chi connectivity index (χ1n) is 6.41. The predicted octanol–water partition coefficient (Wildman–Crippen LogP) is 2.07. The van der Waals surface area contributed by atoms with Crippen LogP contribution in [-0.2, 0) is 28.6 Å². The number of ether oxygens (including phenoxy) is 3. The number of ketones is 1. The van der Waals surface area contributed by atoms with E-state index in [0.717, 1.165) is 0 Å². The van der Waals surface area contributed by atoms with Gasteiger partial charge in [0, 0.05) is 13.3 Å². The Morgan fingerprint density at radius 3 is 2.14 bits per heavy atom. The van der Waals surface area contributed by atoms with Crippen molar-refractivity contribution in [2.75, 3.05) is 6.79 Å². The molecule has 0 N–H and O–H groups in total. The van der Waals surface area contributed by atoms with Crippen molar-refractivity contribution in [3.8, 4) is 0 Å². The first kappa shape index (κ1) is 19.4. The van der Waals surface area contributed by atoms with E-state index in [1.165, 1.54) is 13.8 Å². The van der Waals surface area contributed by atoms with Crippen LogP contribution in [-0.4, -0.2) is 41.2 Å². The Bertz CT molecular complexity index is 392. The van der Waals surface area contributed by atoms with E-state index >= 15 is 0 Å². The number of thioether (sulfide) groups is 1. The molecular weight excluding hydrogens is 300 g/mol. The lowest BCUT2D eigenvalue weighted by atomic mass is 10.2. The molecule has 0 aliphatic heterocycles. The standard InChI is InChI=1S/C13H20O7S/c1-8(2)20-12(16)6-5-11(15)9(3)21-13(17)19-7-18-10(4)14/h8-9H,5-7H2,1-4H3. The molecule has 0 aromatic carbocycles. The van der Waals surface area contributed by atoms with Gasteiger partial charge in [-0.3, -0.25) is 14.4 Å². The lowest BCUT2D eigenvalue weighted by Crippen LogP contribution is -2.19. The molecule has 1 unspecified atom stereocenters. The minimum atomic E-state index is -0.721. The van der Waals surface area contributed by atoms with Crippen LogP contribution in [0.2, 0.25) is 0 Å². The van der Waals surface area contributed by atoms with Crippen LogP contribution in [0.25, 0.3) is 0 Å². The van der Waals surface area contributed by atoms with Crippen molar-refractivity contribution in [3.63, 3.8) is 0 Å². The third kappa shape index (κ3) is 10.8. The van der Waals surface area contributed by atoms with E-state index in [9.17, 15) is 19.2 Å². The summed E-state index contributed by atoms with van der Waals surface area (Å²) in [5.74, 6) is -1.28. The van der Waals surface area contributed by atoms with E-state index in [4.69, 9.17) is 4.74 Å². The summed E-state index contributed by atoms with van der Waals surface area (Å²) in [4.78, 5) is 44.8. The second kappa shape index (κ2) is 10.2. The van der Waals surface area contributed by atoms with E-state index in [1.54, 1.807) is 13.8 Å². The SMILES string of the molecule is CC(=O)OCOC(=O)SC(C)C(=O)CCC(=O)OC(C)C. The minimum absolute atomic E-state index is 0.00303. The van der Waals surface area contributed by atoms with Crippen LogP contribution < -0.4 is 0 Å². The summed E-state index contributed by atoms with van der Waals surface area (Å²) in [5.41, 5.74) is 0. The van der Waals surface area contributed by atoms with Gasteiger partial charge in [-0.15, -0.1) is 0 Å². The topological polar surface area (TPSA) is 96.0 Å². The molecule has 1 atom stereocenters. The normalized spacial score (nSPS) is 11.7. The van der Waals surface area contributed by atoms with Crippen LogP contribution >= 0.6 is 11.8 Å². The first-order chi connectivity index (χ1) is 9.72. The number of esters is 2. The molecule has 0 saturated heterocycles. The minimum Gasteiger partial charge on any atom is -0.463 e. The number of carbonyl (C=O) groups excluding carboxylic acids is 4. The highest BCUT2D eigenvalue weighted by molar-refractivity contribution is 8.14. The van der Waals surface area contributed by atoms with Gasteiger partial charge in [0.05, 0.1) is 17.8 Å². The maximum absolute atomic E-state index is 11.7. The molecule has 0 bridgehead atoms. The molecule has 120 valence electrons. The molecule has 0 aliphatic rings. The van der Waals surface area contributed by atoms with E-state index in [0.29, 0.717) is 11.8 Å². The molecular formula is C13H20O7S. The third-order valence-electron chi connectivity index (χ3n) is 2.11. The highest BCUT2D eigenvalue weighted by atomic mass is 32.2. The van der Waals surface area contributed by atoms with Crippen LogP contribution in [0.4, 0.5) is 4.79 Å². The summed E-state index contributed by atoms with van der Waals surface area (Å²) in [6.07, 6.45) is -0.253. The Labute approximate surface area is 127 Å². The molecule has 0 amide bonds. The summed E-state index contributed by atoms with van der Waals surface area (Å²) in [5, 5.41) is -1.37. The van der Waals surface area contributed by atoms with Gasteiger partial charge in [0.15, 0.2) is 0 Å². The monoisotopic (exact) mass is 320 g/mol. The van der Waals surface area contributed by atoms with Crippen molar-refractivity contribution in [3.05, 3.63) is 0 Å². The molecule has 0 aliphatic carbocycles. The highest BCUT2D eigenvalue weighted by Crippen LogP contribution is 2.17. The lowest BCUT2D eigenvalue weighted by Gasteiger charge is -2.10. The van der Waals surface area contributed by atoms with Crippen molar-refractivity contribution < 1.29 is 33.4 Å². The van der Waals surface area contributed by atoms with E-state index in [2.05, 4.69) is 9.47 Å². The van der Waals surface area contributed by atoms with Gasteiger partial charge in [0.1, 0.15) is 5.78 Å². The van der Waals surface area contributed by atoms with Crippen LogP contribution in [0.15, 0.2) is 0 Å². The fourth-order valence-electron chi connectivity index (χ4n) is 1.15. The third-order valence-corrected chi connectivity index (χ3v) is 3.03. The summed E-state index contributed by atoms with van der Waals surface area (Å²) in [6.45, 7) is 5.68. The van der Waals surface area contributed by atoms with Gasteiger partial charge in [-0.05, 0) is 32.5 Å². The molecule has 8 heteroatoms. The zero-order chi connectivity index (χ0) is 16.4. The number of carbonyl (C=O) groups is 4. The highest BCUT2D eigenvalue weighted by Gasteiger charge is 2.20. The molecule has 7 nitrogen and oxygen atoms in total. The first-order valence-corrected chi connectivity index (χ1v) is 7.29. The molecule has 0 aromatic heterocycles. The Morgan fingerprint density at radius 1 is 1.00 bits per heavy atom. The van der Waals surface area contributed by atoms with Crippen LogP contribution in [0.1, 0.15) is 40.5 Å². The molecule has 0 spiro atoms. The number of rotatable bonds is 8. The number of hydrogen-bond donors (Lipinski definition) is 0. The molecule has 0 aromatic rings. The summed E-state index contributed by atoms with van der Waals surface area (Å²) in [7, 11) is 0. The Balaban J connectivity index is 3.96. The molecule has 0 fully saturated rings. The Hall–Kier alpha value is -1.57. The molecule has 0 heterocycles. The predicted molar refractivity (Wildman–Crippen MR) is 75.6 cm³/mol. The van der Waals surface area contributed by atoms with Crippen LogP contribution in [0.3, 0.4) is 0 Å². The van der Waals surface area contributed by atoms with Gasteiger partial charge in [-0.2, -0.15) is 0 Å². The fraction of sp³-hybridized carbons (Fsp3) is 0.692. The Kier molecular flexibility index (Phi) is 9.44. The Morgan fingerprint density at radius 2 is 1.62 bits per heavy atom. The molecule has 21 heavy (non-hydrogen) atoms. The van der Waals surface area contributed by atoms with Crippen molar-refractivity contribution in [1.82, 2.24) is 0 Å². The summed E-state index contributed by atoms with van der Waals surface area (Å²) >= 11 is 0.671. The van der Waals surface area contributed by atoms with Crippen molar-refractivity contribution in [1.29, 1.82) is 0 Å². The van der Waals surface area contributed by atoms with Crippen LogP contribution in [0, 0.1) is 0 Å². The summed E-state index contributed by atoms with van der Waals surface area (Å²) in [6, 6.07) is 0. The maximum atomic E-state index is 11.7. The lowest BCUT2D eigenvalue weighted by molar-refractivity contribution is -0.149. The van der Waals surface area contributed by atoms with E-state index in [1.807, 2.05) is 0 Å². The largest absolute Gasteiger partial charge is 0.463 e. The second-order valence-electron chi connectivity index (χ2n) is 4.41. The van der Waals surface area contributed by atoms with Crippen molar-refractivity contribution in [2.24, 2.45) is 0 Å². The van der Waals surface area contributed by atoms with Gasteiger partial charge in [0.2, 0.25) is 6.79 Å². The number of hydrogen-bond acceptors (Lipinski definition) is 8. The average Bonchev–Trinajstić information content (AvgIpc) is 2.34. The smallest absolute Gasteiger partial charge is 0.370 e. The van der Waals surface area contributed by atoms with Gasteiger partial charge >= 0.3 is 17.2 Å². The quantitative estimate of drug-likeness (QED) is 0.495. The molecule has 0 radical (unpaired) electrons. The van der Waals surface area contributed by atoms with Crippen LogP contribution in [0.5, 0.6) is 0 Å². The van der Waals surface area contributed by atoms with E-state index in [-0.39, 0.29) is 24.7 Å². The van der Waals surface area contributed by atoms with Gasteiger partial charge < -0.3 is 14.2 Å². The molecule has 0 saturated carbocycles. The zero-order valence-corrected chi connectivity index (χ0v) is 13.4. The van der Waals surface area contributed by atoms with Gasteiger partial charge in [0.25, 0.3) is 0 Å². The molecule has 0 rings (SSSR count). The summed E-state index contributed by atoms with van der Waals surface area (Å²) < 4.78 is 13.9.